The molecule has 0 atom stereocenters. The number of imide groups is 1. The largest absolute Gasteiger partial charge is 0.351 e. The molecule has 0 rings (SSSR count). The molecule has 15 N–H and O–H groups in total. The van der Waals surface area contributed by atoms with Gasteiger partial charge in [-0.2, -0.15) is 0 Å². The number of hydrogen-bond acceptors (Lipinski definition) is 6. The highest BCUT2D eigenvalue weighted by molar-refractivity contribution is 9.10. The van der Waals surface area contributed by atoms with Gasteiger partial charge in [-0.3, -0.25) is 10.1 Å². The minimum Gasteiger partial charge on any atom is -0.351 e. The van der Waals surface area contributed by atoms with E-state index in [0.29, 0.717) is 12.8 Å². The van der Waals surface area contributed by atoms with E-state index < -0.39 is 10.4 Å². The van der Waals surface area contributed by atoms with Crippen LogP contribution in [0.3, 0.4) is 0 Å². The van der Waals surface area contributed by atoms with E-state index in [1.165, 1.54) is 0 Å². The first kappa shape index (κ1) is 29.5. The first-order valence-electron chi connectivity index (χ1n) is 3.76. The van der Waals surface area contributed by atoms with Crippen molar-refractivity contribution in [3.05, 3.63) is 0 Å². The maximum Gasteiger partial charge on any atom is 0.318 e. The van der Waals surface area contributed by atoms with E-state index in [1.54, 1.807) is 0 Å². The Bertz CT molecular complexity index is 197. The summed E-state index contributed by atoms with van der Waals surface area (Å²) < 4.78 is -0.665. The summed E-state index contributed by atoms with van der Waals surface area (Å²) in [6.45, 7) is 3.72. The summed E-state index contributed by atoms with van der Waals surface area (Å²) >= 11 is 3.26. The lowest BCUT2D eigenvalue weighted by molar-refractivity contribution is -0.122. The number of primary amides is 1. The van der Waals surface area contributed by atoms with Gasteiger partial charge in [-0.05, 0) is 12.8 Å². The third-order valence-electron chi connectivity index (χ3n) is 1.76. The number of hydrogen-bond donors (Lipinski definition) is 6. The average molecular weight is 305 g/mol. The zero-order chi connectivity index (χ0) is 9.78. The van der Waals surface area contributed by atoms with Gasteiger partial charge in [0.15, 0.2) is 0 Å². The van der Waals surface area contributed by atoms with E-state index in [4.69, 9.17) is 5.73 Å². The van der Waals surface area contributed by atoms with Gasteiger partial charge in [-0.25, -0.2) is 4.79 Å². The Morgan fingerprint density at radius 1 is 1.12 bits per heavy atom. The molecule has 0 saturated heterocycles. The van der Waals surface area contributed by atoms with Crippen LogP contribution in [0.1, 0.15) is 26.7 Å². The Hall–Kier alpha value is -0.740. The average Bonchev–Trinajstić information content (AvgIpc) is 2.02. The smallest absolute Gasteiger partial charge is 0.318 e. The van der Waals surface area contributed by atoms with E-state index in [-0.39, 0.29) is 30.5 Å². The zero-order valence-electron chi connectivity index (χ0n) is 10.0. The predicted molar refractivity (Wildman–Crippen MR) is 70.1 cm³/mol. The molecule has 0 fully saturated rings. The SMILES string of the molecule is CCC(Br)(CC)C(=O)NC(N)=O.N.N.N.N. The van der Waals surface area contributed by atoms with Crippen LogP contribution in [-0.4, -0.2) is 16.3 Å². The second-order valence-corrected chi connectivity index (χ2v) is 4.01. The fourth-order valence-electron chi connectivity index (χ4n) is 0.795. The zero-order valence-corrected chi connectivity index (χ0v) is 11.6. The lowest BCUT2D eigenvalue weighted by Gasteiger charge is -2.21. The van der Waals surface area contributed by atoms with Crippen LogP contribution in [0.5, 0.6) is 0 Å². The maximum atomic E-state index is 11.3. The van der Waals surface area contributed by atoms with E-state index >= 15 is 0 Å². The van der Waals surface area contributed by atoms with Crippen LogP contribution >= 0.6 is 15.9 Å². The number of nitrogens with two attached hydrogens (primary N) is 1. The molecule has 0 aromatic heterocycles. The van der Waals surface area contributed by atoms with Gasteiger partial charge >= 0.3 is 6.03 Å². The van der Waals surface area contributed by atoms with Gasteiger partial charge in [-0.15, -0.1) is 0 Å². The molecule has 0 aromatic carbocycles. The van der Waals surface area contributed by atoms with Gasteiger partial charge < -0.3 is 30.3 Å². The number of halogens is 1. The Balaban J connectivity index is -0.000000101. The van der Waals surface area contributed by atoms with E-state index in [0.717, 1.165) is 0 Å². The highest BCUT2D eigenvalue weighted by atomic mass is 79.9. The van der Waals surface area contributed by atoms with Crippen molar-refractivity contribution in [1.29, 1.82) is 0 Å². The normalized spacial score (nSPS) is 8.19. The van der Waals surface area contributed by atoms with E-state index in [2.05, 4.69) is 15.9 Å². The summed E-state index contributed by atoms with van der Waals surface area (Å²) in [7, 11) is 0. The Morgan fingerprint density at radius 2 is 1.44 bits per heavy atom. The number of rotatable bonds is 3. The topological polar surface area (TPSA) is 212 Å². The molecule has 0 heterocycles. The molecule has 102 valence electrons. The molecule has 0 unspecified atom stereocenters. The number of carbonyl (C=O) groups excluding carboxylic acids is 2. The van der Waals surface area contributed by atoms with Crippen molar-refractivity contribution < 1.29 is 9.59 Å². The molecule has 0 aliphatic carbocycles. The third-order valence-corrected chi connectivity index (χ3v) is 3.25. The number of carbonyl (C=O) groups is 2. The molecule has 3 amide bonds. The number of amides is 3. The van der Waals surface area contributed by atoms with Crippen LogP contribution in [0.4, 0.5) is 4.79 Å². The number of alkyl halides is 1. The van der Waals surface area contributed by atoms with Gasteiger partial charge in [0, 0.05) is 0 Å². The molecular weight excluding hydrogens is 280 g/mol. The minimum atomic E-state index is -0.814. The summed E-state index contributed by atoms with van der Waals surface area (Å²) in [4.78, 5) is 21.6. The highest BCUT2D eigenvalue weighted by Crippen LogP contribution is 2.26. The molecule has 9 heteroatoms. The van der Waals surface area contributed by atoms with Crippen LogP contribution in [0, 0.1) is 0 Å². The molecule has 0 aliphatic rings. The quantitative estimate of drug-likeness (QED) is 0.427. The molecule has 16 heavy (non-hydrogen) atoms. The number of urea groups is 1. The van der Waals surface area contributed by atoms with Gasteiger partial charge in [0.1, 0.15) is 4.32 Å². The first-order chi connectivity index (χ1) is 5.46. The van der Waals surface area contributed by atoms with Crippen molar-refractivity contribution in [2.75, 3.05) is 0 Å². The summed E-state index contributed by atoms with van der Waals surface area (Å²) in [5.41, 5.74) is 4.81. The summed E-state index contributed by atoms with van der Waals surface area (Å²) in [5, 5.41) is 2.04. The van der Waals surface area contributed by atoms with Crippen molar-refractivity contribution in [3.8, 4) is 0 Å². The third kappa shape index (κ3) is 8.56. The Labute approximate surface area is 105 Å². The summed E-state index contributed by atoms with van der Waals surface area (Å²) in [5.74, 6) is -0.375. The molecular formula is C7H25BrN6O2. The monoisotopic (exact) mass is 304 g/mol. The van der Waals surface area contributed by atoms with Crippen LogP contribution < -0.4 is 35.7 Å². The fourth-order valence-corrected chi connectivity index (χ4v) is 0.894. The molecule has 0 spiro atoms. The van der Waals surface area contributed by atoms with E-state index in [9.17, 15) is 9.59 Å². The summed E-state index contributed by atoms with van der Waals surface area (Å²) in [6.07, 6.45) is 1.23. The highest BCUT2D eigenvalue weighted by Gasteiger charge is 2.32. The molecule has 0 aliphatic heterocycles. The lowest BCUT2D eigenvalue weighted by atomic mass is 10.0. The van der Waals surface area contributed by atoms with Crippen molar-refractivity contribution in [1.82, 2.24) is 29.9 Å². The second kappa shape index (κ2) is 12.3. The summed E-state index contributed by atoms with van der Waals surface area (Å²) in [6, 6.07) is -0.814. The maximum absolute atomic E-state index is 11.3. The fraction of sp³-hybridized carbons (Fsp3) is 0.714. The molecule has 0 aromatic rings. The second-order valence-electron chi connectivity index (χ2n) is 2.49. The predicted octanol–water partition coefficient (Wildman–Crippen LogP) is 1.78. The van der Waals surface area contributed by atoms with Crippen LogP contribution in [0.25, 0.3) is 0 Å². The van der Waals surface area contributed by atoms with Crippen LogP contribution in [-0.2, 0) is 4.79 Å². The van der Waals surface area contributed by atoms with Gasteiger partial charge in [0.2, 0.25) is 5.91 Å². The molecule has 0 saturated carbocycles. The van der Waals surface area contributed by atoms with Gasteiger partial charge in [0.05, 0.1) is 0 Å². The Kier molecular flexibility index (Phi) is 22.7. The van der Waals surface area contributed by atoms with E-state index in [1.807, 2.05) is 19.2 Å². The number of nitrogens with one attached hydrogen (secondary N) is 1. The first-order valence-corrected chi connectivity index (χ1v) is 4.55. The van der Waals surface area contributed by atoms with Crippen molar-refractivity contribution >= 4 is 27.9 Å². The van der Waals surface area contributed by atoms with Gasteiger partial charge in [-0.1, -0.05) is 29.8 Å². The molecule has 0 bridgehead atoms. The van der Waals surface area contributed by atoms with Crippen molar-refractivity contribution in [2.45, 2.75) is 31.0 Å². The van der Waals surface area contributed by atoms with Gasteiger partial charge in [0.25, 0.3) is 0 Å². The van der Waals surface area contributed by atoms with Crippen molar-refractivity contribution in [3.63, 3.8) is 0 Å². The molecule has 0 radical (unpaired) electrons. The lowest BCUT2D eigenvalue weighted by Crippen LogP contribution is -2.46. The minimum absolute atomic E-state index is 0. The van der Waals surface area contributed by atoms with Crippen LogP contribution in [0.15, 0.2) is 0 Å². The standard InChI is InChI=1S/C7H13BrN2O2.4H3N/c1-3-7(8,4-2)5(11)10-6(9)12;;;;/h3-4H2,1-2H3,(H3,9,10,11,12);4*1H3. The van der Waals surface area contributed by atoms with Crippen LogP contribution in [0.2, 0.25) is 0 Å². The molecule has 8 nitrogen and oxygen atoms in total. The Morgan fingerprint density at radius 3 is 1.62 bits per heavy atom. The van der Waals surface area contributed by atoms with Crippen molar-refractivity contribution in [2.24, 2.45) is 5.73 Å².